The van der Waals surface area contributed by atoms with E-state index in [0.717, 1.165) is 17.1 Å². The van der Waals surface area contributed by atoms with E-state index in [1.807, 2.05) is 58.9 Å². The van der Waals surface area contributed by atoms with Gasteiger partial charge in [0.1, 0.15) is 11.4 Å². The van der Waals surface area contributed by atoms with Crippen LogP contribution >= 0.6 is 0 Å². The average Bonchev–Trinajstić information content (AvgIpc) is 2.70. The molecular formula is C23H30N4O3. The van der Waals surface area contributed by atoms with Crippen LogP contribution in [0.15, 0.2) is 36.5 Å². The van der Waals surface area contributed by atoms with Crippen LogP contribution < -0.4 is 10.2 Å². The van der Waals surface area contributed by atoms with Crippen molar-refractivity contribution in [2.24, 2.45) is 0 Å². The predicted molar refractivity (Wildman–Crippen MR) is 118 cm³/mol. The van der Waals surface area contributed by atoms with Gasteiger partial charge in [-0.3, -0.25) is 4.79 Å². The molecule has 0 aliphatic carbocycles. The summed E-state index contributed by atoms with van der Waals surface area (Å²) < 4.78 is 5.43. The highest BCUT2D eigenvalue weighted by atomic mass is 16.6. The van der Waals surface area contributed by atoms with Gasteiger partial charge < -0.3 is 19.9 Å². The zero-order valence-electron chi connectivity index (χ0n) is 18.4. The van der Waals surface area contributed by atoms with Gasteiger partial charge in [-0.2, -0.15) is 0 Å². The normalized spacial score (nSPS) is 14.4. The molecule has 2 aromatic rings. The van der Waals surface area contributed by atoms with E-state index in [2.05, 4.69) is 15.2 Å². The summed E-state index contributed by atoms with van der Waals surface area (Å²) in [5, 5.41) is 2.91. The largest absolute Gasteiger partial charge is 0.444 e. The van der Waals surface area contributed by atoms with Crippen LogP contribution in [0, 0.1) is 13.8 Å². The summed E-state index contributed by atoms with van der Waals surface area (Å²) in [5.41, 5.74) is 3.09. The fourth-order valence-corrected chi connectivity index (χ4v) is 3.17. The van der Waals surface area contributed by atoms with Crippen molar-refractivity contribution in [1.82, 2.24) is 9.88 Å². The number of pyridine rings is 1. The number of nitrogens with zero attached hydrogens (tertiary/aromatic N) is 3. The number of carbonyl (C=O) groups is 2. The van der Waals surface area contributed by atoms with Crippen molar-refractivity contribution in [3.8, 4) is 0 Å². The van der Waals surface area contributed by atoms with Gasteiger partial charge >= 0.3 is 6.09 Å². The maximum absolute atomic E-state index is 12.5. The van der Waals surface area contributed by atoms with Crippen molar-refractivity contribution in [2.75, 3.05) is 36.4 Å². The van der Waals surface area contributed by atoms with Crippen LogP contribution in [0.3, 0.4) is 0 Å². The van der Waals surface area contributed by atoms with Crippen LogP contribution in [0.25, 0.3) is 0 Å². The van der Waals surface area contributed by atoms with Crippen LogP contribution in [-0.4, -0.2) is 53.7 Å². The fraction of sp³-hybridized carbons (Fsp3) is 0.435. The van der Waals surface area contributed by atoms with Crippen LogP contribution in [0.1, 0.15) is 42.3 Å². The van der Waals surface area contributed by atoms with Gasteiger partial charge in [-0.25, -0.2) is 9.78 Å². The molecule has 1 aromatic carbocycles. The number of nitrogens with one attached hydrogen (secondary N) is 1. The molecule has 0 bridgehead atoms. The minimum absolute atomic E-state index is 0.188. The van der Waals surface area contributed by atoms with E-state index in [0.29, 0.717) is 31.7 Å². The third-order valence-corrected chi connectivity index (χ3v) is 5.03. The number of aromatic nitrogens is 1. The molecule has 0 spiro atoms. The Morgan fingerprint density at radius 3 is 2.27 bits per heavy atom. The number of hydrogen-bond acceptors (Lipinski definition) is 5. The highest BCUT2D eigenvalue weighted by molar-refractivity contribution is 6.04. The molecular weight excluding hydrogens is 380 g/mol. The summed E-state index contributed by atoms with van der Waals surface area (Å²) >= 11 is 0. The molecule has 1 aliphatic heterocycles. The summed E-state index contributed by atoms with van der Waals surface area (Å²) in [7, 11) is 0. The molecule has 0 atom stereocenters. The first kappa shape index (κ1) is 21.6. The number of ether oxygens (including phenoxy) is 1. The summed E-state index contributed by atoms with van der Waals surface area (Å²) in [4.78, 5) is 33.0. The maximum atomic E-state index is 12.5. The molecule has 30 heavy (non-hydrogen) atoms. The predicted octanol–water partition coefficient (Wildman–Crippen LogP) is 4.01. The number of hydrogen-bond donors (Lipinski definition) is 1. The Morgan fingerprint density at radius 1 is 1.00 bits per heavy atom. The number of piperazine rings is 1. The molecule has 0 radical (unpaired) electrons. The Hall–Kier alpha value is -3.09. The molecule has 1 saturated heterocycles. The number of benzene rings is 1. The lowest BCUT2D eigenvalue weighted by Gasteiger charge is -2.36. The van der Waals surface area contributed by atoms with E-state index in [-0.39, 0.29) is 12.0 Å². The fourth-order valence-electron chi connectivity index (χ4n) is 3.17. The Bertz CT molecular complexity index is 911. The second-order valence-corrected chi connectivity index (χ2v) is 8.61. The van der Waals surface area contributed by atoms with Crippen LogP contribution in [0.2, 0.25) is 0 Å². The van der Waals surface area contributed by atoms with Gasteiger partial charge in [0.15, 0.2) is 0 Å². The Morgan fingerprint density at radius 2 is 1.70 bits per heavy atom. The zero-order chi connectivity index (χ0) is 21.9. The molecule has 1 aromatic heterocycles. The van der Waals surface area contributed by atoms with E-state index < -0.39 is 5.60 Å². The second-order valence-electron chi connectivity index (χ2n) is 8.61. The minimum Gasteiger partial charge on any atom is -0.444 e. The van der Waals surface area contributed by atoms with Crippen LogP contribution in [0.4, 0.5) is 16.3 Å². The van der Waals surface area contributed by atoms with E-state index in [4.69, 9.17) is 4.74 Å². The molecule has 2 heterocycles. The SMILES string of the molecule is Cc1ccc(NC(=O)c2ccc(N3CCN(C(=O)OC(C)(C)C)CC3)nc2)cc1C. The highest BCUT2D eigenvalue weighted by Crippen LogP contribution is 2.18. The van der Waals surface area contributed by atoms with E-state index >= 15 is 0 Å². The lowest BCUT2D eigenvalue weighted by molar-refractivity contribution is 0.0240. The van der Waals surface area contributed by atoms with Gasteiger partial charge in [0.05, 0.1) is 5.56 Å². The van der Waals surface area contributed by atoms with Crippen molar-refractivity contribution in [2.45, 2.75) is 40.2 Å². The monoisotopic (exact) mass is 410 g/mol. The molecule has 0 saturated carbocycles. The Labute approximate surface area is 178 Å². The first-order chi connectivity index (χ1) is 14.1. The zero-order valence-corrected chi connectivity index (χ0v) is 18.4. The Balaban J connectivity index is 1.56. The van der Waals surface area contributed by atoms with Crippen LogP contribution in [0.5, 0.6) is 0 Å². The second kappa shape index (κ2) is 8.73. The third-order valence-electron chi connectivity index (χ3n) is 5.03. The van der Waals surface area contributed by atoms with Gasteiger partial charge in [0.2, 0.25) is 0 Å². The molecule has 7 nitrogen and oxygen atoms in total. The number of amides is 2. The van der Waals surface area contributed by atoms with Gasteiger partial charge in [-0.1, -0.05) is 6.07 Å². The van der Waals surface area contributed by atoms with Gasteiger partial charge in [0, 0.05) is 38.1 Å². The molecule has 3 rings (SSSR count). The summed E-state index contributed by atoms with van der Waals surface area (Å²) in [6.45, 7) is 12.1. The van der Waals surface area contributed by atoms with Crippen LogP contribution in [-0.2, 0) is 4.74 Å². The molecule has 1 N–H and O–H groups in total. The van der Waals surface area contributed by atoms with Crippen molar-refractivity contribution < 1.29 is 14.3 Å². The number of anilines is 2. The van der Waals surface area contributed by atoms with Gasteiger partial charge in [-0.15, -0.1) is 0 Å². The standard InChI is InChI=1S/C23H30N4O3/c1-16-6-8-19(14-17(16)2)25-21(28)18-7-9-20(24-15-18)26-10-12-27(13-11-26)22(29)30-23(3,4)5/h6-9,14-15H,10-13H2,1-5H3,(H,25,28). The lowest BCUT2D eigenvalue weighted by Crippen LogP contribution is -2.50. The molecule has 0 unspecified atom stereocenters. The van der Waals surface area contributed by atoms with Crippen molar-refractivity contribution in [3.63, 3.8) is 0 Å². The first-order valence-electron chi connectivity index (χ1n) is 10.2. The number of carbonyl (C=O) groups excluding carboxylic acids is 2. The molecule has 160 valence electrons. The Kier molecular flexibility index (Phi) is 6.29. The third kappa shape index (κ3) is 5.49. The highest BCUT2D eigenvalue weighted by Gasteiger charge is 2.26. The average molecular weight is 411 g/mol. The van der Waals surface area contributed by atoms with Crippen molar-refractivity contribution >= 4 is 23.5 Å². The summed E-state index contributed by atoms with van der Waals surface area (Å²) in [6.07, 6.45) is 1.31. The number of rotatable bonds is 3. The van der Waals surface area contributed by atoms with Gasteiger partial charge in [0.25, 0.3) is 5.91 Å². The lowest BCUT2D eigenvalue weighted by atomic mass is 10.1. The summed E-state index contributed by atoms with van der Waals surface area (Å²) in [5.74, 6) is 0.605. The molecule has 1 aliphatic rings. The van der Waals surface area contributed by atoms with Gasteiger partial charge in [-0.05, 0) is 70.0 Å². The molecule has 1 fully saturated rings. The van der Waals surface area contributed by atoms with Crippen molar-refractivity contribution in [3.05, 3.63) is 53.2 Å². The molecule has 2 amide bonds. The van der Waals surface area contributed by atoms with Crippen molar-refractivity contribution in [1.29, 1.82) is 0 Å². The van der Waals surface area contributed by atoms with E-state index in [1.165, 1.54) is 5.56 Å². The summed E-state index contributed by atoms with van der Waals surface area (Å²) in [6, 6.07) is 9.46. The maximum Gasteiger partial charge on any atom is 0.410 e. The van der Waals surface area contributed by atoms with E-state index in [9.17, 15) is 9.59 Å². The smallest absolute Gasteiger partial charge is 0.410 e. The first-order valence-corrected chi connectivity index (χ1v) is 10.2. The number of aryl methyl sites for hydroxylation is 2. The molecule has 7 heteroatoms. The minimum atomic E-state index is -0.497. The van der Waals surface area contributed by atoms with E-state index in [1.54, 1.807) is 17.2 Å². The quantitative estimate of drug-likeness (QED) is 0.828. The topological polar surface area (TPSA) is 74.8 Å².